The van der Waals surface area contributed by atoms with E-state index in [1.807, 2.05) is 25.1 Å². The largest absolute Gasteiger partial charge is 0.378 e. The number of benzene rings is 2. The number of hydrogen-bond acceptors (Lipinski definition) is 1. The highest BCUT2D eigenvalue weighted by molar-refractivity contribution is 9.10. The van der Waals surface area contributed by atoms with Crippen molar-refractivity contribution in [3.05, 3.63) is 61.7 Å². The van der Waals surface area contributed by atoms with Crippen LogP contribution in [0, 0.1) is 5.82 Å². The highest BCUT2D eigenvalue weighted by atomic mass is 79.9. The third-order valence-corrected chi connectivity index (χ3v) is 4.57. The monoisotopic (exact) mass is 405 g/mol. The molecule has 0 saturated heterocycles. The number of anilines is 1. The van der Waals surface area contributed by atoms with Crippen molar-refractivity contribution in [2.24, 2.45) is 0 Å². The molecular weight excluding hydrogens is 396 g/mol. The zero-order valence-electron chi connectivity index (χ0n) is 10.1. The fraction of sp³-hybridized carbons (Fsp3) is 0.143. The summed E-state index contributed by atoms with van der Waals surface area (Å²) in [6, 6.07) is 10.7. The van der Waals surface area contributed by atoms with Crippen LogP contribution in [0.5, 0.6) is 0 Å². The van der Waals surface area contributed by atoms with Crippen LogP contribution in [0.1, 0.15) is 18.5 Å². The lowest BCUT2D eigenvalue weighted by atomic mass is 10.1. The third-order valence-electron chi connectivity index (χ3n) is 2.75. The first-order valence-corrected chi connectivity index (χ1v) is 7.60. The van der Waals surface area contributed by atoms with E-state index in [2.05, 4.69) is 37.2 Å². The number of rotatable bonds is 3. The maximum absolute atomic E-state index is 13.2. The molecule has 0 heterocycles. The van der Waals surface area contributed by atoms with Crippen molar-refractivity contribution in [1.82, 2.24) is 0 Å². The molecule has 0 radical (unpaired) electrons. The highest BCUT2D eigenvalue weighted by Gasteiger charge is 2.09. The van der Waals surface area contributed by atoms with E-state index in [1.54, 1.807) is 12.1 Å². The van der Waals surface area contributed by atoms with Crippen molar-refractivity contribution in [3.8, 4) is 0 Å². The first-order valence-electron chi connectivity index (χ1n) is 5.64. The Morgan fingerprint density at radius 3 is 2.47 bits per heavy atom. The van der Waals surface area contributed by atoms with Gasteiger partial charge in [-0.2, -0.15) is 0 Å². The highest BCUT2D eigenvalue weighted by Crippen LogP contribution is 2.28. The van der Waals surface area contributed by atoms with Gasteiger partial charge in [0.1, 0.15) is 5.82 Å². The van der Waals surface area contributed by atoms with Crippen molar-refractivity contribution in [3.63, 3.8) is 0 Å². The third kappa shape index (κ3) is 3.71. The van der Waals surface area contributed by atoms with Crippen LogP contribution in [0.2, 0.25) is 5.02 Å². The lowest BCUT2D eigenvalue weighted by Crippen LogP contribution is -2.06. The molecule has 1 unspecified atom stereocenters. The van der Waals surface area contributed by atoms with E-state index in [0.29, 0.717) is 9.50 Å². The molecule has 1 atom stereocenters. The summed E-state index contributed by atoms with van der Waals surface area (Å²) in [5.74, 6) is -0.259. The van der Waals surface area contributed by atoms with Gasteiger partial charge in [-0.15, -0.1) is 0 Å². The Labute approximate surface area is 133 Å². The van der Waals surface area contributed by atoms with Gasteiger partial charge in [0.2, 0.25) is 0 Å². The molecule has 2 aromatic rings. The predicted molar refractivity (Wildman–Crippen MR) is 85.3 cm³/mol. The van der Waals surface area contributed by atoms with Crippen LogP contribution in [0.15, 0.2) is 45.3 Å². The first-order chi connectivity index (χ1) is 8.97. The lowest BCUT2D eigenvalue weighted by Gasteiger charge is -2.16. The lowest BCUT2D eigenvalue weighted by molar-refractivity contribution is 0.619. The fourth-order valence-corrected chi connectivity index (χ4v) is 2.59. The zero-order chi connectivity index (χ0) is 14.0. The van der Waals surface area contributed by atoms with Crippen molar-refractivity contribution in [2.75, 3.05) is 5.32 Å². The predicted octanol–water partition coefficient (Wildman–Crippen LogP) is 6.18. The Morgan fingerprint density at radius 2 is 1.84 bits per heavy atom. The normalized spacial score (nSPS) is 12.3. The van der Waals surface area contributed by atoms with Gasteiger partial charge in [0.05, 0.1) is 9.50 Å². The van der Waals surface area contributed by atoms with E-state index in [4.69, 9.17) is 11.6 Å². The van der Waals surface area contributed by atoms with E-state index in [0.717, 1.165) is 15.7 Å². The molecule has 0 fully saturated rings. The van der Waals surface area contributed by atoms with Crippen molar-refractivity contribution in [1.29, 1.82) is 0 Å². The molecule has 0 bridgehead atoms. The summed E-state index contributed by atoms with van der Waals surface area (Å²) >= 11 is 12.5. The smallest absolute Gasteiger partial charge is 0.137 e. The Balaban J connectivity index is 2.17. The summed E-state index contributed by atoms with van der Waals surface area (Å²) in [5.41, 5.74) is 1.95. The van der Waals surface area contributed by atoms with Gasteiger partial charge in [0.25, 0.3) is 0 Å². The molecule has 0 aromatic heterocycles. The van der Waals surface area contributed by atoms with E-state index in [-0.39, 0.29) is 11.9 Å². The molecule has 0 aliphatic carbocycles. The summed E-state index contributed by atoms with van der Waals surface area (Å²) in [6.07, 6.45) is 0. The van der Waals surface area contributed by atoms with Gasteiger partial charge >= 0.3 is 0 Å². The minimum atomic E-state index is -0.259. The Hall–Kier alpha value is -0.580. The molecule has 2 rings (SSSR count). The summed E-state index contributed by atoms with van der Waals surface area (Å²) in [7, 11) is 0. The summed E-state index contributed by atoms with van der Waals surface area (Å²) in [4.78, 5) is 0. The Kier molecular flexibility index (Phi) is 4.87. The summed E-state index contributed by atoms with van der Waals surface area (Å²) in [5, 5.41) is 4.01. The molecule has 0 spiro atoms. The average Bonchev–Trinajstić information content (AvgIpc) is 2.37. The van der Waals surface area contributed by atoms with Crippen LogP contribution in [-0.4, -0.2) is 0 Å². The fourth-order valence-electron chi connectivity index (χ4n) is 1.70. The van der Waals surface area contributed by atoms with E-state index < -0.39 is 0 Å². The summed E-state index contributed by atoms with van der Waals surface area (Å²) in [6.45, 7) is 2.02. The topological polar surface area (TPSA) is 12.0 Å². The van der Waals surface area contributed by atoms with Crippen LogP contribution >= 0.6 is 43.5 Å². The molecule has 100 valence electrons. The van der Waals surface area contributed by atoms with Crippen molar-refractivity contribution in [2.45, 2.75) is 13.0 Å². The molecule has 1 nitrogen and oxygen atoms in total. The van der Waals surface area contributed by atoms with Gasteiger partial charge < -0.3 is 5.32 Å². The molecular formula is C14H11Br2ClFN. The van der Waals surface area contributed by atoms with E-state index in [1.165, 1.54) is 6.07 Å². The minimum Gasteiger partial charge on any atom is -0.378 e. The molecule has 0 saturated carbocycles. The molecule has 1 N–H and O–H groups in total. The Bertz CT molecular complexity index is 604. The molecule has 5 heteroatoms. The molecule has 0 aliphatic rings. The second-order valence-electron chi connectivity index (χ2n) is 4.17. The molecule has 0 amide bonds. The van der Waals surface area contributed by atoms with Gasteiger partial charge in [-0.1, -0.05) is 17.7 Å². The van der Waals surface area contributed by atoms with Crippen molar-refractivity contribution >= 4 is 49.1 Å². The maximum atomic E-state index is 13.2. The Morgan fingerprint density at radius 1 is 1.11 bits per heavy atom. The minimum absolute atomic E-state index is 0.0602. The number of hydrogen-bond donors (Lipinski definition) is 1. The molecule has 0 aliphatic heterocycles. The van der Waals surface area contributed by atoms with Crippen molar-refractivity contribution < 1.29 is 4.39 Å². The second-order valence-corrected chi connectivity index (χ2v) is 6.28. The first kappa shape index (κ1) is 14.8. The van der Waals surface area contributed by atoms with E-state index >= 15 is 0 Å². The number of nitrogens with one attached hydrogen (secondary N) is 1. The SMILES string of the molecule is CC(Nc1ccc(Cl)c(Br)c1)c1ccc(F)c(Br)c1. The van der Waals surface area contributed by atoms with Gasteiger partial charge in [-0.3, -0.25) is 0 Å². The van der Waals surface area contributed by atoms with Crippen LogP contribution in [0.25, 0.3) is 0 Å². The molecule has 19 heavy (non-hydrogen) atoms. The standard InChI is InChI=1S/C14H11Br2ClFN/c1-8(9-2-5-14(18)12(16)6-9)19-10-3-4-13(17)11(15)7-10/h2-8,19H,1H3. The van der Waals surface area contributed by atoms with E-state index in [9.17, 15) is 4.39 Å². The van der Waals surface area contributed by atoms with Crippen LogP contribution in [-0.2, 0) is 0 Å². The summed E-state index contributed by atoms with van der Waals surface area (Å²) < 4.78 is 14.5. The maximum Gasteiger partial charge on any atom is 0.137 e. The quantitative estimate of drug-likeness (QED) is 0.641. The van der Waals surface area contributed by atoms with Gasteiger partial charge in [-0.05, 0) is 74.7 Å². The van der Waals surface area contributed by atoms with Crippen LogP contribution in [0.3, 0.4) is 0 Å². The molecule has 2 aromatic carbocycles. The second kappa shape index (κ2) is 6.25. The van der Waals surface area contributed by atoms with Gasteiger partial charge in [0.15, 0.2) is 0 Å². The van der Waals surface area contributed by atoms with Gasteiger partial charge in [0, 0.05) is 16.2 Å². The zero-order valence-corrected chi connectivity index (χ0v) is 14.0. The van der Waals surface area contributed by atoms with Gasteiger partial charge in [-0.25, -0.2) is 4.39 Å². The average molecular weight is 408 g/mol. The number of halogens is 4. The van der Waals surface area contributed by atoms with Crippen LogP contribution in [0.4, 0.5) is 10.1 Å². The van der Waals surface area contributed by atoms with Crippen LogP contribution < -0.4 is 5.32 Å².